The van der Waals surface area contributed by atoms with E-state index in [4.69, 9.17) is 4.74 Å². The predicted molar refractivity (Wildman–Crippen MR) is 101 cm³/mol. The third-order valence-corrected chi connectivity index (χ3v) is 5.59. The summed E-state index contributed by atoms with van der Waals surface area (Å²) in [7, 11) is 3.04. The summed E-state index contributed by atoms with van der Waals surface area (Å²) in [5, 5.41) is 1.84. The molecular weight excluding hydrogens is 352 g/mol. The van der Waals surface area contributed by atoms with E-state index in [1.165, 1.54) is 18.4 Å². The minimum Gasteiger partial charge on any atom is -0.464 e. The summed E-state index contributed by atoms with van der Waals surface area (Å²) in [6.45, 7) is 7.51. The molecule has 2 heterocycles. The third kappa shape index (κ3) is 3.31. The minimum atomic E-state index is -0.639. The Morgan fingerprint density at radius 2 is 1.96 bits per heavy atom. The van der Waals surface area contributed by atoms with E-state index in [1.807, 2.05) is 18.4 Å². The second-order valence-corrected chi connectivity index (χ2v) is 7.04. The number of Topliss-reactive ketones (excluding diaryl/α,β-unsaturated/α-hetero) is 1. The fraction of sp³-hybridized carbons (Fsp3) is 0.421. The zero-order valence-corrected chi connectivity index (χ0v) is 16.8. The fourth-order valence-electron chi connectivity index (χ4n) is 3.21. The third-order valence-electron chi connectivity index (χ3n) is 4.74. The van der Waals surface area contributed by atoms with Crippen molar-refractivity contribution in [3.63, 3.8) is 0 Å². The number of ketones is 1. The number of ether oxygens (including phenoxy) is 1. The highest BCUT2D eigenvalue weighted by atomic mass is 32.1. The summed E-state index contributed by atoms with van der Waals surface area (Å²) in [5.74, 6) is -0.831. The van der Waals surface area contributed by atoms with Crippen LogP contribution in [-0.4, -0.2) is 46.8 Å². The van der Waals surface area contributed by atoms with Crippen LogP contribution in [0.1, 0.15) is 55.6 Å². The van der Waals surface area contributed by atoms with E-state index in [2.05, 4.69) is 0 Å². The Hall–Kier alpha value is -2.41. The number of hydrogen-bond acceptors (Lipinski definition) is 5. The van der Waals surface area contributed by atoms with Crippen molar-refractivity contribution in [2.75, 3.05) is 13.7 Å². The van der Waals surface area contributed by atoms with Crippen LogP contribution in [0.25, 0.3) is 0 Å². The number of thiophene rings is 1. The van der Waals surface area contributed by atoms with Crippen molar-refractivity contribution in [3.8, 4) is 0 Å². The van der Waals surface area contributed by atoms with E-state index >= 15 is 0 Å². The highest BCUT2D eigenvalue weighted by Crippen LogP contribution is 2.25. The molecule has 0 fully saturated rings. The van der Waals surface area contributed by atoms with Crippen molar-refractivity contribution in [2.24, 2.45) is 7.05 Å². The number of nitrogens with zero attached hydrogens (tertiary/aromatic N) is 2. The number of esters is 1. The second kappa shape index (κ2) is 7.86. The van der Waals surface area contributed by atoms with Crippen molar-refractivity contribution in [2.45, 2.75) is 33.7 Å². The molecule has 0 spiro atoms. The van der Waals surface area contributed by atoms with Crippen LogP contribution in [0.2, 0.25) is 0 Å². The molecule has 0 N–H and O–H groups in total. The van der Waals surface area contributed by atoms with E-state index < -0.39 is 12.0 Å². The number of amides is 1. The van der Waals surface area contributed by atoms with Crippen LogP contribution in [-0.2, 0) is 11.8 Å². The molecule has 0 saturated carbocycles. The first-order chi connectivity index (χ1) is 12.3. The molecule has 7 heteroatoms. The molecule has 1 atom stereocenters. The molecule has 2 aromatic rings. The van der Waals surface area contributed by atoms with Gasteiger partial charge < -0.3 is 14.2 Å². The average Bonchev–Trinajstić information content (AvgIpc) is 3.22. The lowest BCUT2D eigenvalue weighted by Crippen LogP contribution is -2.43. The SMILES string of the molecule is CCN(C(=O)c1cccs1)C(C)C(=O)c1c(C)c(C(=O)OC)n(C)c1C. The molecule has 0 aliphatic rings. The van der Waals surface area contributed by atoms with Crippen LogP contribution in [0.3, 0.4) is 0 Å². The number of likely N-dealkylation sites (N-methyl/N-ethyl adjacent to an activating group) is 1. The maximum absolute atomic E-state index is 13.2. The predicted octanol–water partition coefficient (Wildman–Crippen LogP) is 3.22. The first-order valence-corrected chi connectivity index (χ1v) is 9.27. The van der Waals surface area contributed by atoms with Crippen LogP contribution in [0.5, 0.6) is 0 Å². The van der Waals surface area contributed by atoms with Gasteiger partial charge in [-0.25, -0.2) is 4.79 Å². The molecule has 26 heavy (non-hydrogen) atoms. The molecule has 0 aromatic carbocycles. The normalized spacial score (nSPS) is 11.9. The minimum absolute atomic E-state index is 0.164. The van der Waals surface area contributed by atoms with E-state index in [9.17, 15) is 14.4 Å². The van der Waals surface area contributed by atoms with Crippen LogP contribution in [0.15, 0.2) is 17.5 Å². The summed E-state index contributed by atoms with van der Waals surface area (Å²) in [6.07, 6.45) is 0. The molecule has 0 aliphatic carbocycles. The molecule has 1 unspecified atom stereocenters. The fourth-order valence-corrected chi connectivity index (χ4v) is 3.89. The maximum atomic E-state index is 13.2. The Balaban J connectivity index is 2.42. The van der Waals surface area contributed by atoms with Gasteiger partial charge in [-0.05, 0) is 44.7 Å². The first-order valence-electron chi connectivity index (χ1n) is 8.39. The first kappa shape index (κ1) is 19.9. The van der Waals surface area contributed by atoms with Crippen LogP contribution in [0.4, 0.5) is 0 Å². The van der Waals surface area contributed by atoms with E-state index in [0.29, 0.717) is 33.9 Å². The Labute approximate surface area is 157 Å². The van der Waals surface area contributed by atoms with Gasteiger partial charge in [0, 0.05) is 24.8 Å². The lowest BCUT2D eigenvalue weighted by Gasteiger charge is -2.27. The van der Waals surface area contributed by atoms with Gasteiger partial charge >= 0.3 is 5.97 Å². The quantitative estimate of drug-likeness (QED) is 0.573. The van der Waals surface area contributed by atoms with Gasteiger partial charge in [-0.2, -0.15) is 0 Å². The monoisotopic (exact) mass is 376 g/mol. The zero-order valence-electron chi connectivity index (χ0n) is 16.0. The number of carbonyl (C=O) groups is 3. The highest BCUT2D eigenvalue weighted by Gasteiger charge is 2.32. The molecule has 6 nitrogen and oxygen atoms in total. The van der Waals surface area contributed by atoms with Crippen LogP contribution >= 0.6 is 11.3 Å². The lowest BCUT2D eigenvalue weighted by molar-refractivity contribution is 0.0588. The summed E-state index contributed by atoms with van der Waals surface area (Å²) in [4.78, 5) is 40.1. The second-order valence-electron chi connectivity index (χ2n) is 6.09. The summed E-state index contributed by atoms with van der Waals surface area (Å²) >= 11 is 1.35. The highest BCUT2D eigenvalue weighted by molar-refractivity contribution is 7.12. The van der Waals surface area contributed by atoms with Crippen LogP contribution < -0.4 is 0 Å². The van der Waals surface area contributed by atoms with Gasteiger partial charge in [-0.15, -0.1) is 11.3 Å². The number of rotatable bonds is 6. The average molecular weight is 376 g/mol. The Bertz CT molecular complexity index is 836. The number of aromatic nitrogens is 1. The topological polar surface area (TPSA) is 68.6 Å². The summed E-state index contributed by atoms with van der Waals surface area (Å²) < 4.78 is 6.49. The van der Waals surface area contributed by atoms with Gasteiger partial charge in [0.15, 0.2) is 5.78 Å². The molecule has 2 aromatic heterocycles. The maximum Gasteiger partial charge on any atom is 0.354 e. The Morgan fingerprint density at radius 1 is 1.31 bits per heavy atom. The van der Waals surface area contributed by atoms with Crippen molar-refractivity contribution >= 4 is 29.0 Å². The summed E-state index contributed by atoms with van der Waals surface area (Å²) in [6, 6.07) is 2.92. The van der Waals surface area contributed by atoms with Gasteiger partial charge in [0.25, 0.3) is 5.91 Å². The van der Waals surface area contributed by atoms with Crippen molar-refractivity contribution < 1.29 is 19.1 Å². The molecule has 0 aliphatic heterocycles. The van der Waals surface area contributed by atoms with Gasteiger partial charge in [-0.1, -0.05) is 6.07 Å². The molecular formula is C19H24N2O4S. The van der Waals surface area contributed by atoms with Gasteiger partial charge in [0.1, 0.15) is 5.69 Å². The molecule has 1 amide bonds. The summed E-state index contributed by atoms with van der Waals surface area (Å²) in [5.41, 5.74) is 2.08. The van der Waals surface area contributed by atoms with Gasteiger partial charge in [0.05, 0.1) is 18.0 Å². The number of methoxy groups -OCH3 is 1. The largest absolute Gasteiger partial charge is 0.464 e. The molecule has 0 bridgehead atoms. The number of hydrogen-bond donors (Lipinski definition) is 0. The zero-order chi connectivity index (χ0) is 19.6. The smallest absolute Gasteiger partial charge is 0.354 e. The number of carbonyl (C=O) groups excluding carboxylic acids is 3. The van der Waals surface area contributed by atoms with Crippen LogP contribution in [0, 0.1) is 13.8 Å². The molecule has 0 radical (unpaired) electrons. The van der Waals surface area contributed by atoms with E-state index in [0.717, 1.165) is 0 Å². The van der Waals surface area contributed by atoms with Gasteiger partial charge in [0.2, 0.25) is 0 Å². The molecule has 2 rings (SSSR count). The van der Waals surface area contributed by atoms with Crippen molar-refractivity contribution in [3.05, 3.63) is 44.9 Å². The Morgan fingerprint density at radius 3 is 2.46 bits per heavy atom. The van der Waals surface area contributed by atoms with E-state index in [-0.39, 0.29) is 11.7 Å². The molecule has 0 saturated heterocycles. The lowest BCUT2D eigenvalue weighted by atomic mass is 9.99. The standard InChI is InChI=1S/C19H24N2O4S/c1-7-21(18(23)14-9-8-10-26-14)13(4)17(22)15-11(2)16(19(24)25-6)20(5)12(15)3/h8-10,13H,7H2,1-6H3. The van der Waals surface area contributed by atoms with E-state index in [1.54, 1.807) is 43.4 Å². The Kier molecular flexibility index (Phi) is 6.02. The molecule has 140 valence electrons. The van der Waals surface area contributed by atoms with Crippen molar-refractivity contribution in [1.82, 2.24) is 9.47 Å². The van der Waals surface area contributed by atoms with Gasteiger partial charge in [-0.3, -0.25) is 9.59 Å². The van der Waals surface area contributed by atoms with Crippen molar-refractivity contribution in [1.29, 1.82) is 0 Å².